The van der Waals surface area contributed by atoms with Crippen LogP contribution in [0.3, 0.4) is 0 Å². The second-order valence-electron chi connectivity index (χ2n) is 3.54. The SMILES string of the molecule is CNc1cc(Cn2ccnc2C)cc(Cl)n1. The summed E-state index contributed by atoms with van der Waals surface area (Å²) in [5.41, 5.74) is 1.10. The van der Waals surface area contributed by atoms with Crippen molar-refractivity contribution in [3.8, 4) is 0 Å². The van der Waals surface area contributed by atoms with Gasteiger partial charge in [0.25, 0.3) is 0 Å². The van der Waals surface area contributed by atoms with Gasteiger partial charge in [-0.15, -0.1) is 0 Å². The Bertz CT molecular complexity index is 492. The fourth-order valence-corrected chi connectivity index (χ4v) is 1.77. The lowest BCUT2D eigenvalue weighted by molar-refractivity contribution is 0.761. The van der Waals surface area contributed by atoms with Crippen molar-refractivity contribution in [2.24, 2.45) is 0 Å². The number of aryl methyl sites for hydroxylation is 1. The Balaban J connectivity index is 2.28. The normalized spacial score (nSPS) is 10.4. The van der Waals surface area contributed by atoms with E-state index in [0.29, 0.717) is 5.15 Å². The summed E-state index contributed by atoms with van der Waals surface area (Å²) in [6.07, 6.45) is 3.74. The first-order valence-electron chi connectivity index (χ1n) is 5.01. The second kappa shape index (κ2) is 4.53. The topological polar surface area (TPSA) is 42.7 Å². The third kappa shape index (κ3) is 2.33. The molecule has 84 valence electrons. The van der Waals surface area contributed by atoms with E-state index in [4.69, 9.17) is 11.6 Å². The number of anilines is 1. The first-order chi connectivity index (χ1) is 7.69. The van der Waals surface area contributed by atoms with Gasteiger partial charge in [0.1, 0.15) is 16.8 Å². The van der Waals surface area contributed by atoms with Crippen LogP contribution in [0.2, 0.25) is 5.15 Å². The summed E-state index contributed by atoms with van der Waals surface area (Å²) < 4.78 is 2.06. The molecule has 0 saturated carbocycles. The smallest absolute Gasteiger partial charge is 0.131 e. The molecule has 0 amide bonds. The van der Waals surface area contributed by atoms with Crippen LogP contribution < -0.4 is 5.32 Å². The van der Waals surface area contributed by atoms with Gasteiger partial charge < -0.3 is 9.88 Å². The van der Waals surface area contributed by atoms with Crippen molar-refractivity contribution in [3.05, 3.63) is 41.1 Å². The molecular weight excluding hydrogens is 224 g/mol. The number of aromatic nitrogens is 3. The van der Waals surface area contributed by atoms with Crippen LogP contribution in [0, 0.1) is 6.92 Å². The molecule has 16 heavy (non-hydrogen) atoms. The van der Waals surface area contributed by atoms with E-state index in [9.17, 15) is 0 Å². The Morgan fingerprint density at radius 1 is 1.44 bits per heavy atom. The van der Waals surface area contributed by atoms with Crippen LogP contribution in [0.25, 0.3) is 0 Å². The van der Waals surface area contributed by atoms with E-state index >= 15 is 0 Å². The second-order valence-corrected chi connectivity index (χ2v) is 3.92. The molecular formula is C11H13ClN4. The van der Waals surface area contributed by atoms with Crippen molar-refractivity contribution >= 4 is 17.4 Å². The summed E-state index contributed by atoms with van der Waals surface area (Å²) in [4.78, 5) is 8.31. The predicted molar refractivity (Wildman–Crippen MR) is 64.9 cm³/mol. The number of imidazole rings is 1. The first kappa shape index (κ1) is 11.0. The molecule has 0 aliphatic heterocycles. The molecule has 0 atom stereocenters. The first-order valence-corrected chi connectivity index (χ1v) is 5.39. The molecule has 0 radical (unpaired) electrons. The molecule has 0 saturated heterocycles. The van der Waals surface area contributed by atoms with E-state index in [1.165, 1.54) is 0 Å². The average molecular weight is 237 g/mol. The maximum absolute atomic E-state index is 5.93. The van der Waals surface area contributed by atoms with Crippen LogP contribution >= 0.6 is 11.6 Å². The van der Waals surface area contributed by atoms with Gasteiger partial charge in [0.15, 0.2) is 0 Å². The zero-order valence-electron chi connectivity index (χ0n) is 9.24. The largest absolute Gasteiger partial charge is 0.373 e. The summed E-state index contributed by atoms with van der Waals surface area (Å²) in [6, 6.07) is 3.84. The maximum Gasteiger partial charge on any atom is 0.131 e. The Morgan fingerprint density at radius 2 is 2.25 bits per heavy atom. The van der Waals surface area contributed by atoms with Crippen molar-refractivity contribution in [1.29, 1.82) is 0 Å². The quantitative estimate of drug-likeness (QED) is 0.832. The van der Waals surface area contributed by atoms with Gasteiger partial charge >= 0.3 is 0 Å². The Morgan fingerprint density at radius 3 is 2.88 bits per heavy atom. The monoisotopic (exact) mass is 236 g/mol. The number of hydrogen-bond acceptors (Lipinski definition) is 3. The zero-order valence-corrected chi connectivity index (χ0v) is 9.99. The molecule has 2 aromatic heterocycles. The van der Waals surface area contributed by atoms with E-state index in [0.717, 1.165) is 23.8 Å². The van der Waals surface area contributed by atoms with Gasteiger partial charge in [-0.2, -0.15) is 0 Å². The average Bonchev–Trinajstić information content (AvgIpc) is 2.63. The molecule has 0 spiro atoms. The summed E-state index contributed by atoms with van der Waals surface area (Å²) in [7, 11) is 1.82. The van der Waals surface area contributed by atoms with Crippen molar-refractivity contribution in [3.63, 3.8) is 0 Å². The van der Waals surface area contributed by atoms with E-state index in [1.54, 1.807) is 6.20 Å². The molecule has 2 rings (SSSR count). The molecule has 0 aromatic carbocycles. The molecule has 0 fully saturated rings. The maximum atomic E-state index is 5.93. The van der Waals surface area contributed by atoms with Crippen LogP contribution in [0.4, 0.5) is 5.82 Å². The number of halogens is 1. The summed E-state index contributed by atoms with van der Waals surface area (Å²) in [5, 5.41) is 3.48. The fraction of sp³-hybridized carbons (Fsp3) is 0.273. The number of pyridine rings is 1. The van der Waals surface area contributed by atoms with Crippen LogP contribution in [-0.4, -0.2) is 21.6 Å². The van der Waals surface area contributed by atoms with Crippen molar-refractivity contribution in [2.75, 3.05) is 12.4 Å². The van der Waals surface area contributed by atoms with Gasteiger partial charge in [0.05, 0.1) is 0 Å². The minimum atomic E-state index is 0.500. The van der Waals surface area contributed by atoms with Crippen LogP contribution in [0.5, 0.6) is 0 Å². The third-order valence-electron chi connectivity index (χ3n) is 2.39. The highest BCUT2D eigenvalue weighted by Crippen LogP contribution is 2.15. The lowest BCUT2D eigenvalue weighted by atomic mass is 10.2. The molecule has 1 N–H and O–H groups in total. The van der Waals surface area contributed by atoms with Crippen LogP contribution in [0.1, 0.15) is 11.4 Å². The molecule has 0 bridgehead atoms. The Labute approximate surface area is 99.3 Å². The van der Waals surface area contributed by atoms with Crippen molar-refractivity contribution < 1.29 is 0 Å². The van der Waals surface area contributed by atoms with Gasteiger partial charge in [-0.3, -0.25) is 0 Å². The minimum absolute atomic E-state index is 0.500. The van der Waals surface area contributed by atoms with Crippen molar-refractivity contribution in [1.82, 2.24) is 14.5 Å². The lowest BCUT2D eigenvalue weighted by Crippen LogP contribution is -2.02. The predicted octanol–water partition coefficient (Wildman–Crippen LogP) is 2.33. The summed E-state index contributed by atoms with van der Waals surface area (Å²) in [6.45, 7) is 2.73. The molecule has 2 heterocycles. The number of hydrogen-bond donors (Lipinski definition) is 1. The van der Waals surface area contributed by atoms with E-state index in [-0.39, 0.29) is 0 Å². The number of nitrogens with one attached hydrogen (secondary N) is 1. The standard InChI is InChI=1S/C11H13ClN4/c1-8-14-3-4-16(8)7-9-5-10(12)15-11(6-9)13-2/h3-6H,7H2,1-2H3,(H,13,15). The Kier molecular flexibility index (Phi) is 3.10. The van der Waals surface area contributed by atoms with Gasteiger partial charge in [0, 0.05) is 26.0 Å². The van der Waals surface area contributed by atoms with Crippen LogP contribution in [-0.2, 0) is 6.54 Å². The van der Waals surface area contributed by atoms with Crippen LogP contribution in [0.15, 0.2) is 24.5 Å². The molecule has 0 aliphatic rings. The highest BCUT2D eigenvalue weighted by molar-refractivity contribution is 6.29. The third-order valence-corrected chi connectivity index (χ3v) is 2.58. The lowest BCUT2D eigenvalue weighted by Gasteiger charge is -2.07. The van der Waals surface area contributed by atoms with Gasteiger partial charge in [-0.1, -0.05) is 11.6 Å². The molecule has 0 unspecified atom stereocenters. The summed E-state index contributed by atoms with van der Waals surface area (Å²) >= 11 is 5.93. The minimum Gasteiger partial charge on any atom is -0.373 e. The molecule has 2 aromatic rings. The zero-order chi connectivity index (χ0) is 11.5. The molecule has 5 heteroatoms. The van der Waals surface area contributed by atoms with E-state index in [1.807, 2.05) is 32.3 Å². The summed E-state index contributed by atoms with van der Waals surface area (Å²) in [5.74, 6) is 1.76. The Hall–Kier alpha value is -1.55. The van der Waals surface area contributed by atoms with Gasteiger partial charge in [-0.05, 0) is 24.6 Å². The fourth-order valence-electron chi connectivity index (χ4n) is 1.54. The molecule has 0 aliphatic carbocycles. The van der Waals surface area contributed by atoms with Gasteiger partial charge in [-0.25, -0.2) is 9.97 Å². The highest BCUT2D eigenvalue weighted by Gasteiger charge is 2.02. The van der Waals surface area contributed by atoms with E-state index in [2.05, 4.69) is 19.9 Å². The van der Waals surface area contributed by atoms with Gasteiger partial charge in [0.2, 0.25) is 0 Å². The number of rotatable bonds is 3. The van der Waals surface area contributed by atoms with Crippen molar-refractivity contribution in [2.45, 2.75) is 13.5 Å². The van der Waals surface area contributed by atoms with E-state index < -0.39 is 0 Å². The highest BCUT2D eigenvalue weighted by atomic mass is 35.5. The molecule has 4 nitrogen and oxygen atoms in total. The number of nitrogens with zero attached hydrogens (tertiary/aromatic N) is 3.